The average molecular weight is 242 g/mol. The fourth-order valence-electron chi connectivity index (χ4n) is 1.88. The van der Waals surface area contributed by atoms with Crippen LogP contribution in [0.2, 0.25) is 5.15 Å². The quantitative estimate of drug-likeness (QED) is 0.739. The van der Waals surface area contributed by atoms with Gasteiger partial charge >= 0.3 is 0 Å². The summed E-state index contributed by atoms with van der Waals surface area (Å²) in [6, 6.07) is 0. The Bertz CT molecular complexity index is 370. The molecule has 0 saturated carbocycles. The van der Waals surface area contributed by atoms with Crippen LogP contribution in [0.25, 0.3) is 0 Å². The maximum Gasteiger partial charge on any atom is 0.157 e. The van der Waals surface area contributed by atoms with Crippen LogP contribution in [0.3, 0.4) is 0 Å². The molecular weight excluding hydrogens is 226 g/mol. The number of aromatic nitrogens is 2. The zero-order valence-corrected chi connectivity index (χ0v) is 10.1. The van der Waals surface area contributed by atoms with Crippen LogP contribution in [-0.2, 0) is 0 Å². The van der Waals surface area contributed by atoms with Crippen LogP contribution in [0, 0.1) is 0 Å². The molecule has 16 heavy (non-hydrogen) atoms. The molecule has 1 fully saturated rings. The van der Waals surface area contributed by atoms with E-state index in [4.69, 9.17) is 17.3 Å². The number of anilines is 2. The molecule has 6 heteroatoms. The second-order valence-corrected chi connectivity index (χ2v) is 4.40. The zero-order chi connectivity index (χ0) is 11.5. The number of nitrogens with zero attached hydrogens (tertiary/aromatic N) is 4. The summed E-state index contributed by atoms with van der Waals surface area (Å²) in [4.78, 5) is 12.6. The van der Waals surface area contributed by atoms with Gasteiger partial charge in [0.1, 0.15) is 12.0 Å². The molecule has 2 rings (SSSR count). The van der Waals surface area contributed by atoms with E-state index in [1.54, 1.807) is 0 Å². The summed E-state index contributed by atoms with van der Waals surface area (Å²) >= 11 is 5.89. The molecule has 0 spiro atoms. The number of likely N-dealkylation sites (N-methyl/N-ethyl adjacent to an activating group) is 1. The predicted molar refractivity (Wildman–Crippen MR) is 65.8 cm³/mol. The minimum absolute atomic E-state index is 0.336. The molecule has 88 valence electrons. The second-order valence-electron chi connectivity index (χ2n) is 4.05. The lowest BCUT2D eigenvalue weighted by Crippen LogP contribution is -2.30. The fourth-order valence-corrected chi connectivity index (χ4v) is 2.00. The average Bonchev–Trinajstić information content (AvgIpc) is 2.47. The molecule has 0 unspecified atom stereocenters. The third-order valence-electron chi connectivity index (χ3n) is 2.83. The monoisotopic (exact) mass is 241 g/mol. The van der Waals surface area contributed by atoms with Gasteiger partial charge in [-0.3, -0.25) is 0 Å². The van der Waals surface area contributed by atoms with Crippen molar-refractivity contribution in [3.05, 3.63) is 11.5 Å². The van der Waals surface area contributed by atoms with E-state index in [2.05, 4.69) is 26.8 Å². The van der Waals surface area contributed by atoms with Crippen LogP contribution in [0.1, 0.15) is 6.42 Å². The Morgan fingerprint density at radius 3 is 2.88 bits per heavy atom. The fraction of sp³-hybridized carbons (Fsp3) is 0.600. The van der Waals surface area contributed by atoms with Gasteiger partial charge in [-0.25, -0.2) is 9.97 Å². The number of hydrogen-bond acceptors (Lipinski definition) is 5. The molecule has 5 nitrogen and oxygen atoms in total. The molecule has 2 heterocycles. The molecule has 1 aliphatic heterocycles. The zero-order valence-electron chi connectivity index (χ0n) is 9.36. The van der Waals surface area contributed by atoms with Gasteiger partial charge in [-0.15, -0.1) is 0 Å². The highest BCUT2D eigenvalue weighted by Gasteiger charge is 2.17. The highest BCUT2D eigenvalue weighted by Crippen LogP contribution is 2.26. The van der Waals surface area contributed by atoms with E-state index >= 15 is 0 Å². The molecule has 1 aromatic rings. The Kier molecular flexibility index (Phi) is 3.46. The van der Waals surface area contributed by atoms with Crippen molar-refractivity contribution >= 4 is 23.1 Å². The van der Waals surface area contributed by atoms with Gasteiger partial charge in [-0.1, -0.05) is 11.6 Å². The van der Waals surface area contributed by atoms with Crippen molar-refractivity contribution in [1.82, 2.24) is 14.9 Å². The van der Waals surface area contributed by atoms with E-state index in [0.717, 1.165) is 38.4 Å². The van der Waals surface area contributed by atoms with Gasteiger partial charge in [-0.2, -0.15) is 0 Å². The first-order chi connectivity index (χ1) is 7.68. The third-order valence-corrected chi connectivity index (χ3v) is 3.13. The minimum Gasteiger partial charge on any atom is -0.393 e. The van der Waals surface area contributed by atoms with E-state index in [1.807, 2.05) is 0 Å². The van der Waals surface area contributed by atoms with Gasteiger partial charge in [0.25, 0.3) is 0 Å². The van der Waals surface area contributed by atoms with Crippen molar-refractivity contribution < 1.29 is 0 Å². The Balaban J connectivity index is 2.20. The standard InChI is InChI=1S/C10H16ClN5/c1-15-3-2-4-16(6-5-15)10-8(12)9(11)13-7-14-10/h7H,2-6,12H2,1H3. The van der Waals surface area contributed by atoms with Crippen LogP contribution in [0.4, 0.5) is 11.5 Å². The molecule has 2 N–H and O–H groups in total. The lowest BCUT2D eigenvalue weighted by molar-refractivity contribution is 0.360. The number of nitrogen functional groups attached to an aromatic ring is 1. The molecule has 0 radical (unpaired) electrons. The Morgan fingerprint density at radius 1 is 1.25 bits per heavy atom. The second kappa shape index (κ2) is 4.84. The smallest absolute Gasteiger partial charge is 0.157 e. The van der Waals surface area contributed by atoms with Crippen molar-refractivity contribution in [3.63, 3.8) is 0 Å². The Hall–Kier alpha value is -1.07. The first kappa shape index (κ1) is 11.4. The number of halogens is 1. The van der Waals surface area contributed by atoms with Crippen LogP contribution in [-0.4, -0.2) is 48.1 Å². The largest absolute Gasteiger partial charge is 0.393 e. The van der Waals surface area contributed by atoms with E-state index < -0.39 is 0 Å². The van der Waals surface area contributed by atoms with E-state index in [9.17, 15) is 0 Å². The molecular formula is C10H16ClN5. The van der Waals surface area contributed by atoms with Crippen molar-refractivity contribution in [1.29, 1.82) is 0 Å². The number of hydrogen-bond donors (Lipinski definition) is 1. The highest BCUT2D eigenvalue weighted by atomic mass is 35.5. The Morgan fingerprint density at radius 2 is 2.06 bits per heavy atom. The maximum absolute atomic E-state index is 5.89. The van der Waals surface area contributed by atoms with Crippen molar-refractivity contribution in [3.8, 4) is 0 Å². The van der Waals surface area contributed by atoms with Crippen LogP contribution in [0.5, 0.6) is 0 Å². The van der Waals surface area contributed by atoms with E-state index in [1.165, 1.54) is 6.33 Å². The summed E-state index contributed by atoms with van der Waals surface area (Å²) in [5.74, 6) is 0.760. The third kappa shape index (κ3) is 2.36. The van der Waals surface area contributed by atoms with Gasteiger partial charge < -0.3 is 15.5 Å². The lowest BCUT2D eigenvalue weighted by Gasteiger charge is -2.22. The van der Waals surface area contributed by atoms with Crippen molar-refractivity contribution in [2.45, 2.75) is 6.42 Å². The Labute approximate surface area is 100 Å². The minimum atomic E-state index is 0.336. The molecule has 0 amide bonds. The molecule has 1 aromatic heterocycles. The summed E-state index contributed by atoms with van der Waals surface area (Å²) in [5, 5.41) is 0.336. The first-order valence-corrected chi connectivity index (χ1v) is 5.75. The van der Waals surface area contributed by atoms with Crippen molar-refractivity contribution in [2.75, 3.05) is 43.9 Å². The maximum atomic E-state index is 5.89. The van der Waals surface area contributed by atoms with Crippen molar-refractivity contribution in [2.24, 2.45) is 0 Å². The van der Waals surface area contributed by atoms with Gasteiger partial charge in [0, 0.05) is 19.6 Å². The van der Waals surface area contributed by atoms with Crippen LogP contribution < -0.4 is 10.6 Å². The summed E-state index contributed by atoms with van der Waals surface area (Å²) in [5.41, 5.74) is 6.37. The number of rotatable bonds is 1. The lowest BCUT2D eigenvalue weighted by atomic mass is 10.3. The van der Waals surface area contributed by atoms with Crippen LogP contribution >= 0.6 is 11.6 Å². The van der Waals surface area contributed by atoms with Gasteiger partial charge in [0.2, 0.25) is 0 Å². The van der Waals surface area contributed by atoms with E-state index in [0.29, 0.717) is 10.8 Å². The summed E-state index contributed by atoms with van der Waals surface area (Å²) in [6.45, 7) is 4.01. The summed E-state index contributed by atoms with van der Waals surface area (Å²) in [7, 11) is 2.12. The SMILES string of the molecule is CN1CCCN(c2ncnc(Cl)c2N)CC1. The van der Waals surface area contributed by atoms with Gasteiger partial charge in [0.05, 0.1) is 0 Å². The molecule has 0 aliphatic carbocycles. The predicted octanol–water partition coefficient (Wildman–Crippen LogP) is 0.854. The summed E-state index contributed by atoms with van der Waals surface area (Å²) in [6.07, 6.45) is 2.57. The molecule has 1 aliphatic rings. The van der Waals surface area contributed by atoms with Crippen LogP contribution in [0.15, 0.2) is 6.33 Å². The molecule has 0 bridgehead atoms. The highest BCUT2D eigenvalue weighted by molar-refractivity contribution is 6.32. The number of nitrogens with two attached hydrogens (primary N) is 1. The van der Waals surface area contributed by atoms with Gasteiger partial charge in [0.15, 0.2) is 11.0 Å². The topological polar surface area (TPSA) is 58.3 Å². The van der Waals surface area contributed by atoms with Gasteiger partial charge in [-0.05, 0) is 20.0 Å². The normalized spacial score (nSPS) is 18.5. The summed E-state index contributed by atoms with van der Waals surface area (Å²) < 4.78 is 0. The van der Waals surface area contributed by atoms with E-state index in [-0.39, 0.29) is 0 Å². The molecule has 0 aromatic carbocycles. The molecule has 1 saturated heterocycles. The first-order valence-electron chi connectivity index (χ1n) is 5.38. The molecule has 0 atom stereocenters.